The largest absolute Gasteiger partial charge is 0.501 e. The minimum atomic E-state index is -0.428. The Morgan fingerprint density at radius 1 is 1.44 bits per heavy atom. The van der Waals surface area contributed by atoms with Gasteiger partial charge in [0.15, 0.2) is 5.78 Å². The number of halogens is 2. The van der Waals surface area contributed by atoms with Crippen LogP contribution in [0.3, 0.4) is 0 Å². The molecule has 0 saturated heterocycles. The van der Waals surface area contributed by atoms with Gasteiger partial charge < -0.3 is 4.74 Å². The second-order valence-corrected chi connectivity index (χ2v) is 4.34. The Hall–Kier alpha value is -1.16. The van der Waals surface area contributed by atoms with Crippen molar-refractivity contribution >= 4 is 21.7 Å². The molecule has 0 aliphatic carbocycles. The number of rotatable bonds is 2. The van der Waals surface area contributed by atoms with Crippen LogP contribution < -0.4 is 0 Å². The Bertz CT molecular complexity index is 454. The zero-order valence-electron chi connectivity index (χ0n) is 8.50. The number of benzene rings is 1. The van der Waals surface area contributed by atoms with Gasteiger partial charge in [-0.15, -0.1) is 0 Å². The number of hydrogen-bond acceptors (Lipinski definition) is 2. The summed E-state index contributed by atoms with van der Waals surface area (Å²) in [5, 5.41) is 0. The predicted octanol–water partition coefficient (Wildman–Crippen LogP) is 3.47. The molecule has 0 atom stereocenters. The maximum absolute atomic E-state index is 13.3. The Labute approximate surface area is 101 Å². The van der Waals surface area contributed by atoms with E-state index < -0.39 is 5.82 Å². The quantitative estimate of drug-likeness (QED) is 0.778. The van der Waals surface area contributed by atoms with Crippen LogP contribution in [0.15, 0.2) is 34.5 Å². The van der Waals surface area contributed by atoms with E-state index in [1.807, 2.05) is 0 Å². The van der Waals surface area contributed by atoms with E-state index in [4.69, 9.17) is 4.74 Å². The first kappa shape index (κ1) is 11.3. The van der Waals surface area contributed by atoms with Crippen LogP contribution in [0, 0.1) is 5.82 Å². The number of carbonyl (C=O) groups excluding carboxylic acids is 1. The SMILES string of the molecule is O=C(C1=COCCC1)c1cccc(F)c1Br. The molecule has 1 aliphatic heterocycles. The van der Waals surface area contributed by atoms with Gasteiger partial charge in [0.1, 0.15) is 5.82 Å². The van der Waals surface area contributed by atoms with Crippen LogP contribution in [0.25, 0.3) is 0 Å². The van der Waals surface area contributed by atoms with Crippen molar-refractivity contribution in [3.8, 4) is 0 Å². The molecule has 0 bridgehead atoms. The van der Waals surface area contributed by atoms with Gasteiger partial charge in [0.25, 0.3) is 0 Å². The third kappa shape index (κ3) is 2.16. The fraction of sp³-hybridized carbons (Fsp3) is 0.250. The molecule has 1 aromatic rings. The smallest absolute Gasteiger partial charge is 0.193 e. The van der Waals surface area contributed by atoms with Gasteiger partial charge in [-0.2, -0.15) is 0 Å². The van der Waals surface area contributed by atoms with E-state index in [0.29, 0.717) is 24.2 Å². The van der Waals surface area contributed by atoms with Gasteiger partial charge in [-0.3, -0.25) is 4.79 Å². The summed E-state index contributed by atoms with van der Waals surface area (Å²) in [5.74, 6) is -0.603. The van der Waals surface area contributed by atoms with Crippen LogP contribution in [-0.4, -0.2) is 12.4 Å². The lowest BCUT2D eigenvalue weighted by Crippen LogP contribution is -2.10. The number of ketones is 1. The van der Waals surface area contributed by atoms with Crippen molar-refractivity contribution < 1.29 is 13.9 Å². The molecule has 1 heterocycles. The lowest BCUT2D eigenvalue weighted by atomic mass is 10.00. The van der Waals surface area contributed by atoms with Crippen molar-refractivity contribution in [2.45, 2.75) is 12.8 Å². The van der Waals surface area contributed by atoms with Crippen molar-refractivity contribution in [2.24, 2.45) is 0 Å². The van der Waals surface area contributed by atoms with Gasteiger partial charge >= 0.3 is 0 Å². The van der Waals surface area contributed by atoms with E-state index in [2.05, 4.69) is 15.9 Å². The maximum Gasteiger partial charge on any atom is 0.193 e. The second-order valence-electron chi connectivity index (χ2n) is 3.55. The van der Waals surface area contributed by atoms with Crippen LogP contribution in [0.1, 0.15) is 23.2 Å². The van der Waals surface area contributed by atoms with Gasteiger partial charge in [-0.05, 0) is 40.9 Å². The highest BCUT2D eigenvalue weighted by atomic mass is 79.9. The average molecular weight is 285 g/mol. The molecule has 0 aromatic heterocycles. The summed E-state index contributed by atoms with van der Waals surface area (Å²) in [7, 11) is 0. The first-order valence-corrected chi connectivity index (χ1v) is 5.79. The minimum Gasteiger partial charge on any atom is -0.501 e. The standard InChI is InChI=1S/C12H10BrFO2/c13-11-9(4-1-5-10(11)14)12(15)8-3-2-6-16-7-8/h1,4-5,7H,2-3,6H2. The number of hydrogen-bond donors (Lipinski definition) is 0. The van der Waals surface area contributed by atoms with Crippen molar-refractivity contribution in [1.29, 1.82) is 0 Å². The van der Waals surface area contributed by atoms with Gasteiger partial charge in [0, 0.05) is 11.1 Å². The summed E-state index contributed by atoms with van der Waals surface area (Å²) in [4.78, 5) is 12.0. The van der Waals surface area contributed by atoms with Gasteiger partial charge in [-0.25, -0.2) is 4.39 Å². The number of Topliss-reactive ketones (excluding diaryl/α,β-unsaturated/α-hetero) is 1. The Balaban J connectivity index is 2.33. The normalized spacial score (nSPS) is 15.2. The van der Waals surface area contributed by atoms with Crippen LogP contribution in [-0.2, 0) is 4.74 Å². The predicted molar refractivity (Wildman–Crippen MR) is 61.7 cm³/mol. The summed E-state index contributed by atoms with van der Waals surface area (Å²) in [6.45, 7) is 0.640. The van der Waals surface area contributed by atoms with E-state index in [-0.39, 0.29) is 10.3 Å². The molecule has 0 fully saturated rings. The zero-order chi connectivity index (χ0) is 11.5. The highest BCUT2D eigenvalue weighted by Gasteiger charge is 2.19. The maximum atomic E-state index is 13.3. The molecule has 0 spiro atoms. The molecular weight excluding hydrogens is 275 g/mol. The summed E-state index contributed by atoms with van der Waals surface area (Å²) in [6.07, 6.45) is 2.98. The van der Waals surface area contributed by atoms with E-state index in [0.717, 1.165) is 6.42 Å². The number of allylic oxidation sites excluding steroid dienone is 1. The third-order valence-corrected chi connectivity index (χ3v) is 3.23. The molecule has 2 rings (SSSR count). The van der Waals surface area contributed by atoms with Gasteiger partial charge in [0.05, 0.1) is 17.3 Å². The van der Waals surface area contributed by atoms with E-state index in [1.54, 1.807) is 6.07 Å². The van der Waals surface area contributed by atoms with Crippen molar-refractivity contribution in [2.75, 3.05) is 6.61 Å². The summed E-state index contributed by atoms with van der Waals surface area (Å²) >= 11 is 3.08. The van der Waals surface area contributed by atoms with Crippen LogP contribution in [0.5, 0.6) is 0 Å². The Morgan fingerprint density at radius 3 is 2.94 bits per heavy atom. The van der Waals surface area contributed by atoms with Crippen molar-refractivity contribution in [3.63, 3.8) is 0 Å². The molecule has 1 aliphatic rings. The zero-order valence-corrected chi connectivity index (χ0v) is 10.1. The molecule has 0 N–H and O–H groups in total. The molecule has 84 valence electrons. The van der Waals surface area contributed by atoms with Crippen LogP contribution in [0.4, 0.5) is 4.39 Å². The minimum absolute atomic E-state index is 0.175. The third-order valence-electron chi connectivity index (χ3n) is 2.42. The fourth-order valence-electron chi connectivity index (χ4n) is 1.58. The Kier molecular flexibility index (Phi) is 3.39. The molecule has 2 nitrogen and oxygen atoms in total. The average Bonchev–Trinajstić information content (AvgIpc) is 2.33. The topological polar surface area (TPSA) is 26.3 Å². The number of carbonyl (C=O) groups is 1. The molecule has 0 radical (unpaired) electrons. The molecule has 0 unspecified atom stereocenters. The Morgan fingerprint density at radius 2 is 2.25 bits per heavy atom. The van der Waals surface area contributed by atoms with E-state index in [1.165, 1.54) is 18.4 Å². The molecular formula is C12H10BrFO2. The van der Waals surface area contributed by atoms with Crippen molar-refractivity contribution in [1.82, 2.24) is 0 Å². The molecule has 16 heavy (non-hydrogen) atoms. The van der Waals surface area contributed by atoms with Crippen molar-refractivity contribution in [3.05, 3.63) is 45.9 Å². The second kappa shape index (κ2) is 4.78. The van der Waals surface area contributed by atoms with Gasteiger partial charge in [0.2, 0.25) is 0 Å². The molecule has 0 amide bonds. The van der Waals surface area contributed by atoms with E-state index in [9.17, 15) is 9.18 Å². The molecule has 4 heteroatoms. The van der Waals surface area contributed by atoms with Crippen LogP contribution >= 0.6 is 15.9 Å². The highest BCUT2D eigenvalue weighted by Crippen LogP contribution is 2.25. The fourth-order valence-corrected chi connectivity index (χ4v) is 2.03. The summed E-state index contributed by atoms with van der Waals surface area (Å²) < 4.78 is 18.6. The molecule has 1 aromatic carbocycles. The first-order chi connectivity index (χ1) is 7.70. The van der Waals surface area contributed by atoms with Crippen LogP contribution in [0.2, 0.25) is 0 Å². The van der Waals surface area contributed by atoms with Gasteiger partial charge in [-0.1, -0.05) is 6.07 Å². The lowest BCUT2D eigenvalue weighted by molar-refractivity contribution is 0.101. The van der Waals surface area contributed by atoms with E-state index >= 15 is 0 Å². The lowest BCUT2D eigenvalue weighted by Gasteiger charge is -2.13. The summed E-state index contributed by atoms with van der Waals surface area (Å²) in [6, 6.07) is 4.44. The molecule has 0 saturated carbocycles. The monoisotopic (exact) mass is 284 g/mol. The first-order valence-electron chi connectivity index (χ1n) is 4.99. The summed E-state index contributed by atoms with van der Waals surface area (Å²) in [5.41, 5.74) is 0.939. The highest BCUT2D eigenvalue weighted by molar-refractivity contribution is 9.10. The number of ether oxygens (including phenoxy) is 1.